The number of amides is 1. The Balaban J connectivity index is 1.29. The molecule has 6 heterocycles. The first-order chi connectivity index (χ1) is 17.2. The Kier molecular flexibility index (Phi) is 5.50. The number of pyridine rings is 3. The number of carbonyl (C=O) groups excluding carboxylic acids is 1. The zero-order chi connectivity index (χ0) is 23.8. The summed E-state index contributed by atoms with van der Waals surface area (Å²) in [7, 11) is 0. The lowest BCUT2D eigenvalue weighted by molar-refractivity contribution is 0.0716. The van der Waals surface area contributed by atoms with Gasteiger partial charge in [-0.05, 0) is 49.2 Å². The second-order valence-corrected chi connectivity index (χ2v) is 9.01. The van der Waals surface area contributed by atoms with Crippen LogP contribution >= 0.6 is 11.6 Å². The molecule has 0 spiro atoms. The van der Waals surface area contributed by atoms with Gasteiger partial charge in [-0.25, -0.2) is 4.52 Å². The summed E-state index contributed by atoms with van der Waals surface area (Å²) in [6, 6.07) is 15.2. The Morgan fingerprint density at radius 3 is 2.77 bits per heavy atom. The number of aromatic nitrogens is 6. The number of nitrogens with zero attached hydrogens (tertiary/aromatic N) is 7. The van der Waals surface area contributed by atoms with E-state index < -0.39 is 0 Å². The molecule has 1 amide bonds. The van der Waals surface area contributed by atoms with Crippen LogP contribution in [-0.2, 0) is 6.54 Å². The standard InChI is InChI=1S/C26H22ClN7O/c27-19-9-10-21(29-15-19)18-14-30-32(16-18)17-20-6-5-12-33(20)26(35)25-24(22-7-1-3-11-28-22)23-8-2-4-13-34(23)31-25/h1-4,7-11,13-16,20H,5-6,12,17H2/t20-/m0/s1. The average molecular weight is 484 g/mol. The average Bonchev–Trinajstić information content (AvgIpc) is 3.63. The van der Waals surface area contributed by atoms with Gasteiger partial charge in [-0.15, -0.1) is 0 Å². The van der Waals surface area contributed by atoms with Gasteiger partial charge in [0.25, 0.3) is 5.91 Å². The molecule has 1 aliphatic rings. The largest absolute Gasteiger partial charge is 0.332 e. The van der Waals surface area contributed by atoms with E-state index >= 15 is 0 Å². The minimum atomic E-state index is -0.0800. The number of fused-ring (bicyclic) bond motifs is 1. The predicted molar refractivity (Wildman–Crippen MR) is 133 cm³/mol. The highest BCUT2D eigenvalue weighted by Gasteiger charge is 2.33. The summed E-state index contributed by atoms with van der Waals surface area (Å²) in [4.78, 5) is 24.6. The molecule has 5 aromatic rings. The Bertz CT molecular complexity index is 1490. The number of rotatable bonds is 5. The molecule has 1 aliphatic heterocycles. The molecular formula is C26H22ClN7O. The van der Waals surface area contributed by atoms with E-state index in [1.165, 1.54) is 0 Å². The Morgan fingerprint density at radius 1 is 1.03 bits per heavy atom. The highest BCUT2D eigenvalue weighted by Crippen LogP contribution is 2.30. The summed E-state index contributed by atoms with van der Waals surface area (Å²) in [5.41, 5.74) is 4.50. The maximum Gasteiger partial charge on any atom is 0.275 e. The normalized spacial score (nSPS) is 15.7. The number of hydrogen-bond donors (Lipinski definition) is 0. The summed E-state index contributed by atoms with van der Waals surface area (Å²) in [5.74, 6) is -0.0800. The summed E-state index contributed by atoms with van der Waals surface area (Å²) in [5, 5.41) is 9.79. The van der Waals surface area contributed by atoms with Crippen molar-refractivity contribution in [2.75, 3.05) is 6.54 Å². The van der Waals surface area contributed by atoms with Gasteiger partial charge in [0.2, 0.25) is 0 Å². The van der Waals surface area contributed by atoms with Crippen LogP contribution in [0.3, 0.4) is 0 Å². The van der Waals surface area contributed by atoms with E-state index in [9.17, 15) is 4.79 Å². The zero-order valence-corrected chi connectivity index (χ0v) is 19.6. The first kappa shape index (κ1) is 21.5. The fourth-order valence-electron chi connectivity index (χ4n) is 4.70. The lowest BCUT2D eigenvalue weighted by Crippen LogP contribution is -2.38. The van der Waals surface area contributed by atoms with Gasteiger partial charge in [0.1, 0.15) is 0 Å². The predicted octanol–water partition coefficient (Wildman–Crippen LogP) is 4.61. The molecule has 0 saturated carbocycles. The zero-order valence-electron chi connectivity index (χ0n) is 18.8. The van der Waals surface area contributed by atoms with E-state index in [-0.39, 0.29) is 11.9 Å². The fourth-order valence-corrected chi connectivity index (χ4v) is 4.81. The smallest absolute Gasteiger partial charge is 0.275 e. The van der Waals surface area contributed by atoms with Crippen molar-refractivity contribution in [3.63, 3.8) is 0 Å². The van der Waals surface area contributed by atoms with Gasteiger partial charge in [0, 0.05) is 36.9 Å². The summed E-state index contributed by atoms with van der Waals surface area (Å²) in [6.45, 7) is 1.29. The minimum Gasteiger partial charge on any atom is -0.332 e. The summed E-state index contributed by atoms with van der Waals surface area (Å²) < 4.78 is 3.63. The molecule has 5 aromatic heterocycles. The monoisotopic (exact) mass is 483 g/mol. The topological polar surface area (TPSA) is 81.2 Å². The molecule has 0 aliphatic carbocycles. The molecule has 8 nitrogen and oxygen atoms in total. The van der Waals surface area contributed by atoms with E-state index in [1.54, 1.807) is 23.1 Å². The third kappa shape index (κ3) is 4.06. The van der Waals surface area contributed by atoms with Crippen LogP contribution in [0.5, 0.6) is 0 Å². The van der Waals surface area contributed by atoms with Crippen LogP contribution < -0.4 is 0 Å². The third-order valence-corrected chi connectivity index (χ3v) is 6.58. The second kappa shape index (κ2) is 8.96. The maximum absolute atomic E-state index is 13.8. The van der Waals surface area contributed by atoms with Crippen LogP contribution in [0.1, 0.15) is 23.3 Å². The van der Waals surface area contributed by atoms with Crippen molar-refractivity contribution in [1.29, 1.82) is 0 Å². The van der Waals surface area contributed by atoms with Gasteiger partial charge in [0.15, 0.2) is 5.69 Å². The van der Waals surface area contributed by atoms with Crippen LogP contribution in [0.15, 0.2) is 79.5 Å². The second-order valence-electron chi connectivity index (χ2n) is 8.58. The molecule has 0 unspecified atom stereocenters. The molecule has 174 valence electrons. The van der Waals surface area contributed by atoms with Gasteiger partial charge in [-0.1, -0.05) is 23.7 Å². The van der Waals surface area contributed by atoms with Gasteiger partial charge in [-0.3, -0.25) is 19.4 Å². The van der Waals surface area contributed by atoms with Gasteiger partial charge in [-0.2, -0.15) is 10.2 Å². The van der Waals surface area contributed by atoms with E-state index in [0.29, 0.717) is 23.8 Å². The Hall–Kier alpha value is -4.04. The fraction of sp³-hybridized carbons (Fsp3) is 0.192. The lowest BCUT2D eigenvalue weighted by Gasteiger charge is -2.24. The summed E-state index contributed by atoms with van der Waals surface area (Å²) in [6.07, 6.45) is 10.8. The lowest BCUT2D eigenvalue weighted by atomic mass is 10.1. The molecule has 1 fully saturated rings. The molecule has 1 atom stereocenters. The van der Waals surface area contributed by atoms with Gasteiger partial charge in [0.05, 0.1) is 46.3 Å². The highest BCUT2D eigenvalue weighted by molar-refractivity contribution is 6.30. The van der Waals surface area contributed by atoms with E-state index in [4.69, 9.17) is 11.6 Å². The number of hydrogen-bond acceptors (Lipinski definition) is 5. The Labute approximate surface area is 206 Å². The molecule has 1 saturated heterocycles. The van der Waals surface area contributed by atoms with Gasteiger partial charge >= 0.3 is 0 Å². The molecule has 6 rings (SSSR count). The molecule has 35 heavy (non-hydrogen) atoms. The van der Waals surface area contributed by atoms with Crippen molar-refractivity contribution in [3.05, 3.63) is 90.2 Å². The van der Waals surface area contributed by atoms with Crippen LogP contribution in [0.4, 0.5) is 0 Å². The number of halogens is 1. The first-order valence-corrected chi connectivity index (χ1v) is 11.9. The number of carbonyl (C=O) groups is 1. The molecule has 0 N–H and O–H groups in total. The van der Waals surface area contributed by atoms with Crippen LogP contribution in [0, 0.1) is 0 Å². The quantitative estimate of drug-likeness (QED) is 0.364. The van der Waals surface area contributed by atoms with Crippen molar-refractivity contribution in [1.82, 2.24) is 34.3 Å². The molecule has 0 bridgehead atoms. The number of likely N-dealkylation sites (tertiary alicyclic amines) is 1. The van der Waals surface area contributed by atoms with Crippen molar-refractivity contribution >= 4 is 23.0 Å². The third-order valence-electron chi connectivity index (χ3n) is 6.36. The Morgan fingerprint density at radius 2 is 1.94 bits per heavy atom. The van der Waals surface area contributed by atoms with Gasteiger partial charge < -0.3 is 4.90 Å². The van der Waals surface area contributed by atoms with Crippen LogP contribution in [-0.4, -0.2) is 52.8 Å². The molecule has 9 heteroatoms. The maximum atomic E-state index is 13.8. The van der Waals surface area contributed by atoms with E-state index in [0.717, 1.165) is 40.9 Å². The minimum absolute atomic E-state index is 0.0230. The first-order valence-electron chi connectivity index (χ1n) is 11.5. The van der Waals surface area contributed by atoms with Crippen molar-refractivity contribution in [2.24, 2.45) is 0 Å². The van der Waals surface area contributed by atoms with Crippen LogP contribution in [0.25, 0.3) is 28.0 Å². The van der Waals surface area contributed by atoms with E-state index in [1.807, 2.05) is 70.5 Å². The molecule has 0 radical (unpaired) electrons. The van der Waals surface area contributed by atoms with Crippen molar-refractivity contribution < 1.29 is 4.79 Å². The van der Waals surface area contributed by atoms with Crippen molar-refractivity contribution in [3.8, 4) is 22.5 Å². The van der Waals surface area contributed by atoms with Crippen LogP contribution in [0.2, 0.25) is 5.02 Å². The van der Waals surface area contributed by atoms with E-state index in [2.05, 4.69) is 20.2 Å². The van der Waals surface area contributed by atoms with Crippen molar-refractivity contribution in [2.45, 2.75) is 25.4 Å². The SMILES string of the molecule is O=C(c1nn2ccccc2c1-c1ccccn1)N1CCC[C@H]1Cn1cc(-c2ccc(Cl)cn2)cn1. The molecular weight excluding hydrogens is 462 g/mol. The summed E-state index contributed by atoms with van der Waals surface area (Å²) >= 11 is 5.96. The highest BCUT2D eigenvalue weighted by atomic mass is 35.5. The molecule has 0 aromatic carbocycles.